The number of halogens is 2. The van der Waals surface area contributed by atoms with Crippen molar-refractivity contribution in [1.29, 1.82) is 0 Å². The van der Waals surface area contributed by atoms with E-state index in [1.54, 1.807) is 4.57 Å². The number of aromatic nitrogens is 1. The number of pyridine rings is 1. The summed E-state index contributed by atoms with van der Waals surface area (Å²) in [6, 6.07) is 20.0. The third-order valence-electron chi connectivity index (χ3n) is 4.41. The van der Waals surface area contributed by atoms with Crippen molar-refractivity contribution in [3.8, 4) is 5.75 Å². The van der Waals surface area contributed by atoms with Crippen molar-refractivity contribution in [3.63, 3.8) is 0 Å². The van der Waals surface area contributed by atoms with Gasteiger partial charge in [-0.1, -0.05) is 48.3 Å². The Labute approximate surface area is 197 Å². The minimum absolute atomic E-state index is 0. The normalized spacial score (nSPS) is 10.8. The van der Waals surface area contributed by atoms with Crippen LogP contribution in [-0.4, -0.2) is 11.2 Å². The van der Waals surface area contributed by atoms with E-state index in [1.807, 2.05) is 60.7 Å². The molecule has 1 aromatic heterocycles. The van der Waals surface area contributed by atoms with Gasteiger partial charge in [0, 0.05) is 23.3 Å². The van der Waals surface area contributed by atoms with E-state index in [1.165, 1.54) is 6.07 Å². The zero-order chi connectivity index (χ0) is 20.6. The van der Waals surface area contributed by atoms with Crippen LogP contribution < -0.4 is 10.3 Å². The molecular weight excluding hydrogens is 464 g/mol. The van der Waals surface area contributed by atoms with Gasteiger partial charge in [-0.15, -0.1) is 0 Å². The molecule has 0 aliphatic rings. The van der Waals surface area contributed by atoms with Gasteiger partial charge >= 0.3 is 0 Å². The molecule has 0 N–H and O–H groups in total. The van der Waals surface area contributed by atoms with Crippen molar-refractivity contribution in [1.82, 2.24) is 4.57 Å². The molecule has 3 aromatic rings. The second-order valence-electron chi connectivity index (χ2n) is 6.59. The van der Waals surface area contributed by atoms with Gasteiger partial charge in [-0.25, -0.2) is 0 Å². The predicted molar refractivity (Wildman–Crippen MR) is 121 cm³/mol. The van der Waals surface area contributed by atoms with Gasteiger partial charge in [0.15, 0.2) is 0 Å². The summed E-state index contributed by atoms with van der Waals surface area (Å²) >= 11 is 12.5. The van der Waals surface area contributed by atoms with Crippen LogP contribution in [0.3, 0.4) is 0 Å². The third-order valence-corrected chi connectivity index (χ3v) is 4.99. The van der Waals surface area contributed by atoms with Crippen LogP contribution in [0.25, 0.3) is 12.2 Å². The first kappa shape index (κ1) is 24.3. The number of ether oxygens (including phenoxy) is 1. The maximum absolute atomic E-state index is 12.7. The molecule has 0 unspecified atom stereocenters. The minimum Gasteiger partial charge on any atom is -0.494 e. The van der Waals surface area contributed by atoms with Crippen LogP contribution >= 0.6 is 23.2 Å². The molecule has 0 bridgehead atoms. The fourth-order valence-electron chi connectivity index (χ4n) is 2.94. The van der Waals surface area contributed by atoms with Gasteiger partial charge < -0.3 is 9.30 Å². The minimum atomic E-state index is -0.252. The zero-order valence-corrected chi connectivity index (χ0v) is 19.1. The topological polar surface area (TPSA) is 31.2 Å². The van der Waals surface area contributed by atoms with Crippen molar-refractivity contribution in [3.05, 3.63) is 97.9 Å². The van der Waals surface area contributed by atoms with Crippen LogP contribution in [0.2, 0.25) is 10.0 Å². The van der Waals surface area contributed by atoms with Crippen molar-refractivity contribution >= 4 is 35.4 Å². The van der Waals surface area contributed by atoms with E-state index in [0.717, 1.165) is 23.3 Å². The maximum atomic E-state index is 12.7. The van der Waals surface area contributed by atoms with Gasteiger partial charge in [0.25, 0.3) is 5.56 Å². The molecule has 3 rings (SSSR count). The van der Waals surface area contributed by atoms with E-state index >= 15 is 0 Å². The Morgan fingerprint density at radius 1 is 1.07 bits per heavy atom. The van der Waals surface area contributed by atoms with Crippen LogP contribution in [-0.2, 0) is 29.7 Å². The summed E-state index contributed by atoms with van der Waals surface area (Å²) in [4.78, 5) is 12.7. The predicted octanol–water partition coefficient (Wildman–Crippen LogP) is 6.15. The summed E-state index contributed by atoms with van der Waals surface area (Å²) in [5, 5.41) is 0.550. The van der Waals surface area contributed by atoms with Gasteiger partial charge in [-0.2, -0.15) is 35.9 Å². The third kappa shape index (κ3) is 6.51. The maximum Gasteiger partial charge on any atom is 0.269 e. The fraction of sp³-hybridized carbons (Fsp3) is 0.208. The van der Waals surface area contributed by atoms with Gasteiger partial charge in [-0.3, -0.25) is 4.79 Å². The average Bonchev–Trinajstić information content (AvgIpc) is 2.74. The zero-order valence-electron chi connectivity index (χ0n) is 16.5. The first-order valence-electron chi connectivity index (χ1n) is 9.53. The number of hydrogen-bond acceptors (Lipinski definition) is 2. The van der Waals surface area contributed by atoms with Crippen molar-refractivity contribution < 1.29 is 21.5 Å². The molecule has 0 aliphatic heterocycles. The van der Waals surface area contributed by atoms with Gasteiger partial charge in [0.1, 0.15) is 10.8 Å². The molecule has 1 heterocycles. The number of rotatable bonds is 8. The molecule has 0 fully saturated rings. The Balaban J connectivity index is 0.00000320. The van der Waals surface area contributed by atoms with E-state index in [-0.39, 0.29) is 27.4 Å². The molecule has 3 nitrogen and oxygen atoms in total. The van der Waals surface area contributed by atoms with Crippen LogP contribution in [0, 0.1) is 6.07 Å². The first-order valence-corrected chi connectivity index (χ1v) is 10.3. The molecule has 30 heavy (non-hydrogen) atoms. The van der Waals surface area contributed by atoms with Crippen molar-refractivity contribution in [2.75, 3.05) is 6.61 Å². The second-order valence-corrected chi connectivity index (χ2v) is 7.41. The molecule has 0 spiro atoms. The summed E-state index contributed by atoms with van der Waals surface area (Å²) in [6.45, 7) is 3.22. The van der Waals surface area contributed by atoms with Gasteiger partial charge in [-0.05, 0) is 42.7 Å². The molecule has 0 amide bonds. The summed E-state index contributed by atoms with van der Waals surface area (Å²) in [5.41, 5.74) is 2.45. The molecule has 0 aliphatic carbocycles. The summed E-state index contributed by atoms with van der Waals surface area (Å²) < 4.78 is 7.30. The van der Waals surface area contributed by atoms with Crippen LogP contribution in [0.1, 0.15) is 30.2 Å². The Bertz CT molecular complexity index is 1050. The van der Waals surface area contributed by atoms with Crippen LogP contribution in [0.5, 0.6) is 5.75 Å². The van der Waals surface area contributed by atoms with Crippen molar-refractivity contribution in [2.24, 2.45) is 0 Å². The largest absolute Gasteiger partial charge is 0.494 e. The SMILES string of the molecule is CCCOc1cccc(/C=C/c2c(Cl)cc(Cl)c(=O)n2CCc2cc[c-]cc2)c1.[Co]. The van der Waals surface area contributed by atoms with Gasteiger partial charge in [0.2, 0.25) is 0 Å². The van der Waals surface area contributed by atoms with E-state index < -0.39 is 0 Å². The van der Waals surface area contributed by atoms with E-state index in [0.29, 0.717) is 30.3 Å². The molecule has 6 heteroatoms. The van der Waals surface area contributed by atoms with Crippen molar-refractivity contribution in [2.45, 2.75) is 26.3 Å². The standard InChI is InChI=1S/C24H22Cl2NO2.Co/c1-2-15-29-20-10-6-9-19(16-20)11-12-23-21(25)17-22(26)24(28)27(23)14-13-18-7-4-3-5-8-18;/h4-12,16-17H,2,13-15H2,1H3;/q-1;/b12-11+;. The number of aryl methyl sites for hydroxylation is 1. The van der Waals surface area contributed by atoms with Crippen LogP contribution in [0.4, 0.5) is 0 Å². The van der Waals surface area contributed by atoms with E-state index in [4.69, 9.17) is 27.9 Å². The quantitative estimate of drug-likeness (QED) is 0.358. The molecule has 0 saturated carbocycles. The average molecular weight is 486 g/mol. The Morgan fingerprint density at radius 2 is 1.83 bits per heavy atom. The molecule has 1 radical (unpaired) electrons. The Morgan fingerprint density at radius 3 is 2.57 bits per heavy atom. The Kier molecular flexibility index (Phi) is 9.73. The Hall–Kier alpha value is -1.98. The molecular formula is C24H22Cl2CoNO2-. The molecule has 0 saturated heterocycles. The summed E-state index contributed by atoms with van der Waals surface area (Å²) in [7, 11) is 0. The number of hydrogen-bond donors (Lipinski definition) is 0. The summed E-state index contributed by atoms with van der Waals surface area (Å²) in [6.07, 6.45) is 5.40. The monoisotopic (exact) mass is 485 g/mol. The number of nitrogens with zero attached hydrogens (tertiary/aromatic N) is 1. The second kappa shape index (κ2) is 12.0. The van der Waals surface area contributed by atoms with E-state index in [2.05, 4.69) is 13.0 Å². The van der Waals surface area contributed by atoms with E-state index in [9.17, 15) is 4.79 Å². The molecule has 2 aromatic carbocycles. The summed E-state index contributed by atoms with van der Waals surface area (Å²) in [5.74, 6) is 0.814. The smallest absolute Gasteiger partial charge is 0.269 e. The van der Waals surface area contributed by atoms with Crippen LogP contribution in [0.15, 0.2) is 59.4 Å². The molecule has 159 valence electrons. The molecule has 0 atom stereocenters. The fourth-order valence-corrected chi connectivity index (χ4v) is 3.48. The first-order chi connectivity index (χ1) is 14.1. The number of benzene rings is 2. The van der Waals surface area contributed by atoms with Gasteiger partial charge in [0.05, 0.1) is 17.3 Å².